The number of benzene rings is 1. The molecule has 0 saturated carbocycles. The van der Waals surface area contributed by atoms with Gasteiger partial charge in [-0.05, 0) is 31.0 Å². The van der Waals surface area contributed by atoms with Crippen LogP contribution in [-0.4, -0.2) is 38.6 Å². The summed E-state index contributed by atoms with van der Waals surface area (Å²) in [7, 11) is 3.31. The largest absolute Gasteiger partial charge is 0.416 e. The Hall–Kier alpha value is -2.45. The molecule has 0 aromatic heterocycles. The van der Waals surface area contributed by atoms with Gasteiger partial charge in [0.1, 0.15) is 6.04 Å². The lowest BCUT2D eigenvalue weighted by molar-refractivity contribution is -0.137. The second-order valence-corrected chi connectivity index (χ2v) is 5.71. The van der Waals surface area contributed by atoms with Crippen molar-refractivity contribution in [2.24, 2.45) is 0 Å². The summed E-state index contributed by atoms with van der Waals surface area (Å²) in [5, 5.41) is 7.50. The van der Waals surface area contributed by atoms with Crippen molar-refractivity contribution in [3.63, 3.8) is 0 Å². The highest BCUT2D eigenvalue weighted by molar-refractivity contribution is 5.96. The zero-order valence-corrected chi connectivity index (χ0v) is 13.3. The summed E-state index contributed by atoms with van der Waals surface area (Å²) >= 11 is 0. The number of alkyl halides is 3. The minimum atomic E-state index is -4.51. The van der Waals surface area contributed by atoms with Crippen LogP contribution >= 0.6 is 0 Å². The molecule has 6 nitrogen and oxygen atoms in total. The van der Waals surface area contributed by atoms with E-state index in [9.17, 15) is 22.8 Å². The smallest absolute Gasteiger partial charge is 0.376 e. The van der Waals surface area contributed by atoms with Crippen LogP contribution < -0.4 is 20.9 Å². The summed E-state index contributed by atoms with van der Waals surface area (Å²) in [4.78, 5) is 25.3. The van der Waals surface area contributed by atoms with Crippen LogP contribution in [0.2, 0.25) is 0 Å². The molecule has 1 aromatic carbocycles. The summed E-state index contributed by atoms with van der Waals surface area (Å²) in [6.45, 7) is 0.553. The SMILES string of the molecule is CN(C)c1ccc(C(F)(F)F)cc1NC(=O)N[C@H]1CCCNC1=O. The van der Waals surface area contributed by atoms with Crippen LogP contribution in [0.5, 0.6) is 0 Å². The number of nitrogens with one attached hydrogen (secondary N) is 3. The molecule has 0 radical (unpaired) electrons. The van der Waals surface area contributed by atoms with Gasteiger partial charge in [-0.15, -0.1) is 0 Å². The first-order valence-corrected chi connectivity index (χ1v) is 7.42. The Bertz CT molecular complexity index is 632. The van der Waals surface area contributed by atoms with E-state index in [-0.39, 0.29) is 11.6 Å². The van der Waals surface area contributed by atoms with Gasteiger partial charge in [-0.2, -0.15) is 13.2 Å². The molecular weight excluding hydrogens is 325 g/mol. The second kappa shape index (κ2) is 6.98. The summed E-state index contributed by atoms with van der Waals surface area (Å²) in [5.41, 5.74) is -0.423. The lowest BCUT2D eigenvalue weighted by Gasteiger charge is -2.24. The van der Waals surface area contributed by atoms with Gasteiger partial charge in [-0.3, -0.25) is 4.79 Å². The van der Waals surface area contributed by atoms with Crippen molar-refractivity contribution in [1.29, 1.82) is 0 Å². The standard InChI is InChI=1S/C15H19F3N4O2/c1-22(2)12-6-5-9(15(16,17)18)8-11(12)21-14(24)20-10-4-3-7-19-13(10)23/h5-6,8,10H,3-4,7H2,1-2H3,(H,19,23)(H2,20,21,24)/t10-/m0/s1. The highest BCUT2D eigenvalue weighted by Gasteiger charge is 2.31. The summed E-state index contributed by atoms with van der Waals surface area (Å²) in [6.07, 6.45) is -3.30. The average Bonchev–Trinajstić information content (AvgIpc) is 2.48. The fourth-order valence-corrected chi connectivity index (χ4v) is 2.43. The van der Waals surface area contributed by atoms with Gasteiger partial charge in [0.2, 0.25) is 5.91 Å². The maximum atomic E-state index is 12.9. The van der Waals surface area contributed by atoms with Crippen LogP contribution in [0.25, 0.3) is 0 Å². The number of anilines is 2. The Kier molecular flexibility index (Phi) is 5.20. The van der Waals surface area contributed by atoms with E-state index in [2.05, 4.69) is 16.0 Å². The number of rotatable bonds is 3. The highest BCUT2D eigenvalue weighted by Crippen LogP contribution is 2.34. The third-order valence-electron chi connectivity index (χ3n) is 3.64. The predicted molar refractivity (Wildman–Crippen MR) is 84.0 cm³/mol. The van der Waals surface area contributed by atoms with E-state index >= 15 is 0 Å². The van der Waals surface area contributed by atoms with Gasteiger partial charge in [0.05, 0.1) is 16.9 Å². The first-order chi connectivity index (χ1) is 11.2. The molecule has 1 heterocycles. The van der Waals surface area contributed by atoms with E-state index in [1.807, 2.05) is 0 Å². The molecule has 1 atom stereocenters. The first-order valence-electron chi connectivity index (χ1n) is 7.42. The van der Waals surface area contributed by atoms with Gasteiger partial charge < -0.3 is 20.9 Å². The molecule has 3 N–H and O–H groups in total. The van der Waals surface area contributed by atoms with Gasteiger partial charge >= 0.3 is 12.2 Å². The Balaban J connectivity index is 2.17. The number of halogens is 3. The lowest BCUT2D eigenvalue weighted by atomic mass is 10.1. The van der Waals surface area contributed by atoms with Crippen molar-refractivity contribution in [2.45, 2.75) is 25.1 Å². The van der Waals surface area contributed by atoms with Gasteiger partial charge in [0.15, 0.2) is 0 Å². The number of carbonyl (C=O) groups is 2. The molecule has 1 saturated heterocycles. The molecule has 132 valence electrons. The molecule has 1 aliphatic heterocycles. The van der Waals surface area contributed by atoms with Crippen LogP contribution in [0.3, 0.4) is 0 Å². The number of nitrogens with zero attached hydrogens (tertiary/aromatic N) is 1. The maximum absolute atomic E-state index is 12.9. The van der Waals surface area contributed by atoms with Crippen molar-refractivity contribution >= 4 is 23.3 Å². The molecule has 1 aliphatic rings. The summed E-state index contributed by atoms with van der Waals surface area (Å²) in [6, 6.07) is 1.70. The number of hydrogen-bond donors (Lipinski definition) is 3. The van der Waals surface area contributed by atoms with Crippen molar-refractivity contribution < 1.29 is 22.8 Å². The van der Waals surface area contributed by atoms with Crippen molar-refractivity contribution in [2.75, 3.05) is 30.9 Å². The van der Waals surface area contributed by atoms with E-state index in [0.717, 1.165) is 18.6 Å². The quantitative estimate of drug-likeness (QED) is 0.787. The van der Waals surface area contributed by atoms with Crippen molar-refractivity contribution in [3.8, 4) is 0 Å². The lowest BCUT2D eigenvalue weighted by Crippen LogP contribution is -2.51. The maximum Gasteiger partial charge on any atom is 0.416 e. The van der Waals surface area contributed by atoms with Gasteiger partial charge in [-0.25, -0.2) is 4.79 Å². The molecule has 1 fully saturated rings. The summed E-state index contributed by atoms with van der Waals surface area (Å²) < 4.78 is 38.6. The topological polar surface area (TPSA) is 73.5 Å². The third-order valence-corrected chi connectivity index (χ3v) is 3.64. The molecule has 1 aromatic rings. The zero-order valence-electron chi connectivity index (χ0n) is 13.3. The number of hydrogen-bond acceptors (Lipinski definition) is 3. The van der Waals surface area contributed by atoms with Gasteiger partial charge in [0, 0.05) is 20.6 Å². The first kappa shape index (κ1) is 17.9. The Morgan fingerprint density at radius 2 is 2.04 bits per heavy atom. The fourth-order valence-electron chi connectivity index (χ4n) is 2.43. The molecular formula is C15H19F3N4O2. The van der Waals surface area contributed by atoms with E-state index in [1.54, 1.807) is 19.0 Å². The minimum absolute atomic E-state index is 0.0172. The highest BCUT2D eigenvalue weighted by atomic mass is 19.4. The molecule has 2 rings (SSSR count). The second-order valence-electron chi connectivity index (χ2n) is 5.71. The monoisotopic (exact) mass is 344 g/mol. The Morgan fingerprint density at radius 1 is 1.33 bits per heavy atom. The van der Waals surface area contributed by atoms with Crippen molar-refractivity contribution in [1.82, 2.24) is 10.6 Å². The Labute approximate surface area is 137 Å². The Morgan fingerprint density at radius 3 is 2.62 bits per heavy atom. The summed E-state index contributed by atoms with van der Waals surface area (Å²) in [5.74, 6) is -0.298. The molecule has 0 aliphatic carbocycles. The van der Waals surface area contributed by atoms with Gasteiger partial charge in [0.25, 0.3) is 0 Å². The molecule has 24 heavy (non-hydrogen) atoms. The normalized spacial score (nSPS) is 17.9. The van der Waals surface area contributed by atoms with E-state index in [4.69, 9.17) is 0 Å². The number of amides is 3. The van der Waals surface area contributed by atoms with E-state index < -0.39 is 23.8 Å². The van der Waals surface area contributed by atoms with Crippen LogP contribution in [-0.2, 0) is 11.0 Å². The number of carbonyl (C=O) groups excluding carboxylic acids is 2. The van der Waals surface area contributed by atoms with E-state index in [0.29, 0.717) is 18.7 Å². The zero-order chi connectivity index (χ0) is 17.9. The van der Waals surface area contributed by atoms with Crippen molar-refractivity contribution in [3.05, 3.63) is 23.8 Å². The third kappa shape index (κ3) is 4.30. The number of piperidine rings is 1. The molecule has 3 amide bonds. The molecule has 0 bridgehead atoms. The minimum Gasteiger partial charge on any atom is -0.376 e. The number of urea groups is 1. The molecule has 0 unspecified atom stereocenters. The molecule has 0 spiro atoms. The van der Waals surface area contributed by atoms with E-state index in [1.165, 1.54) is 6.07 Å². The van der Waals surface area contributed by atoms with Crippen LogP contribution in [0.15, 0.2) is 18.2 Å². The molecule has 9 heteroatoms. The van der Waals surface area contributed by atoms with Crippen LogP contribution in [0.1, 0.15) is 18.4 Å². The van der Waals surface area contributed by atoms with Crippen LogP contribution in [0, 0.1) is 0 Å². The van der Waals surface area contributed by atoms with Crippen LogP contribution in [0.4, 0.5) is 29.3 Å². The van der Waals surface area contributed by atoms with Gasteiger partial charge in [-0.1, -0.05) is 0 Å². The predicted octanol–water partition coefficient (Wildman–Crippen LogP) is 2.17. The fraction of sp³-hybridized carbons (Fsp3) is 0.467. The average molecular weight is 344 g/mol.